The van der Waals surface area contributed by atoms with E-state index in [4.69, 9.17) is 4.52 Å². The van der Waals surface area contributed by atoms with E-state index >= 15 is 0 Å². The fourth-order valence-corrected chi connectivity index (χ4v) is 2.46. The van der Waals surface area contributed by atoms with Crippen molar-refractivity contribution in [3.63, 3.8) is 0 Å². The molecule has 0 atom stereocenters. The molecular formula is C19H19N3O2. The van der Waals surface area contributed by atoms with Crippen LogP contribution in [0.5, 0.6) is 0 Å². The Hall–Kier alpha value is -2.95. The van der Waals surface area contributed by atoms with Gasteiger partial charge < -0.3 is 9.84 Å². The first kappa shape index (κ1) is 15.9. The number of rotatable bonds is 5. The Balaban J connectivity index is 1.59. The van der Waals surface area contributed by atoms with Crippen molar-refractivity contribution in [2.24, 2.45) is 0 Å². The van der Waals surface area contributed by atoms with Crippen LogP contribution in [0.1, 0.15) is 23.4 Å². The number of nitrogens with zero attached hydrogens (tertiary/aromatic N) is 2. The molecule has 5 heteroatoms. The quantitative estimate of drug-likeness (QED) is 0.773. The van der Waals surface area contributed by atoms with E-state index in [0.29, 0.717) is 24.6 Å². The molecule has 1 amide bonds. The average Bonchev–Trinajstić information content (AvgIpc) is 3.02. The maximum absolute atomic E-state index is 12.0. The van der Waals surface area contributed by atoms with Crippen LogP contribution in [0.3, 0.4) is 0 Å². The van der Waals surface area contributed by atoms with Crippen molar-refractivity contribution in [3.8, 4) is 11.4 Å². The van der Waals surface area contributed by atoms with Crippen LogP contribution in [0, 0.1) is 13.8 Å². The van der Waals surface area contributed by atoms with Crippen LogP contribution >= 0.6 is 0 Å². The minimum atomic E-state index is -0.0729. The molecule has 0 aliphatic carbocycles. The van der Waals surface area contributed by atoms with Crippen molar-refractivity contribution < 1.29 is 9.32 Å². The first-order valence-corrected chi connectivity index (χ1v) is 7.87. The molecule has 0 radical (unpaired) electrons. The van der Waals surface area contributed by atoms with Gasteiger partial charge in [-0.3, -0.25) is 4.79 Å². The molecule has 0 aliphatic heterocycles. The Bertz CT molecular complexity index is 855. The SMILES string of the molecule is Cc1cccc(NC(=O)CCc2nc(-c3ccccc3C)no2)c1. The highest BCUT2D eigenvalue weighted by Crippen LogP contribution is 2.20. The van der Waals surface area contributed by atoms with Gasteiger partial charge in [-0.2, -0.15) is 4.98 Å². The Morgan fingerprint density at radius 3 is 2.75 bits per heavy atom. The van der Waals surface area contributed by atoms with Gasteiger partial charge in [-0.05, 0) is 37.1 Å². The van der Waals surface area contributed by atoms with Crippen LogP contribution < -0.4 is 5.32 Å². The normalized spacial score (nSPS) is 10.6. The molecule has 24 heavy (non-hydrogen) atoms. The lowest BCUT2D eigenvalue weighted by atomic mass is 10.1. The van der Waals surface area contributed by atoms with E-state index in [9.17, 15) is 4.79 Å². The van der Waals surface area contributed by atoms with E-state index in [2.05, 4.69) is 15.5 Å². The lowest BCUT2D eigenvalue weighted by Gasteiger charge is -2.04. The number of hydrogen-bond acceptors (Lipinski definition) is 4. The second-order valence-corrected chi connectivity index (χ2v) is 5.74. The van der Waals surface area contributed by atoms with Crippen LogP contribution in [0.2, 0.25) is 0 Å². The molecule has 1 heterocycles. The number of benzene rings is 2. The Morgan fingerprint density at radius 1 is 1.12 bits per heavy atom. The van der Waals surface area contributed by atoms with Crippen LogP contribution in [-0.4, -0.2) is 16.0 Å². The number of aromatic nitrogens is 2. The van der Waals surface area contributed by atoms with Gasteiger partial charge in [0.2, 0.25) is 17.6 Å². The van der Waals surface area contributed by atoms with Crippen LogP contribution in [-0.2, 0) is 11.2 Å². The molecule has 3 aromatic rings. The Morgan fingerprint density at radius 2 is 1.96 bits per heavy atom. The maximum atomic E-state index is 12.0. The highest BCUT2D eigenvalue weighted by atomic mass is 16.5. The lowest BCUT2D eigenvalue weighted by Crippen LogP contribution is -2.12. The molecule has 3 rings (SSSR count). The fourth-order valence-electron chi connectivity index (χ4n) is 2.46. The molecular weight excluding hydrogens is 302 g/mol. The van der Waals surface area contributed by atoms with Gasteiger partial charge in [-0.1, -0.05) is 41.6 Å². The third-order valence-electron chi connectivity index (χ3n) is 3.72. The Labute approximate surface area is 140 Å². The number of amides is 1. The molecule has 0 fully saturated rings. The smallest absolute Gasteiger partial charge is 0.227 e. The highest BCUT2D eigenvalue weighted by Gasteiger charge is 2.12. The number of aryl methyl sites for hydroxylation is 3. The van der Waals surface area contributed by atoms with Gasteiger partial charge in [0, 0.05) is 24.1 Å². The largest absolute Gasteiger partial charge is 0.339 e. The summed E-state index contributed by atoms with van der Waals surface area (Å²) >= 11 is 0. The summed E-state index contributed by atoms with van der Waals surface area (Å²) < 4.78 is 5.25. The summed E-state index contributed by atoms with van der Waals surface area (Å²) in [5.74, 6) is 0.950. The van der Waals surface area contributed by atoms with Gasteiger partial charge in [0.1, 0.15) is 0 Å². The third kappa shape index (κ3) is 3.87. The predicted molar refractivity (Wildman–Crippen MR) is 92.6 cm³/mol. The monoisotopic (exact) mass is 321 g/mol. The third-order valence-corrected chi connectivity index (χ3v) is 3.72. The van der Waals surface area contributed by atoms with Crippen molar-refractivity contribution >= 4 is 11.6 Å². The van der Waals surface area contributed by atoms with Gasteiger partial charge >= 0.3 is 0 Å². The number of carbonyl (C=O) groups is 1. The zero-order valence-corrected chi connectivity index (χ0v) is 13.7. The average molecular weight is 321 g/mol. The first-order chi connectivity index (χ1) is 11.6. The lowest BCUT2D eigenvalue weighted by molar-refractivity contribution is -0.116. The summed E-state index contributed by atoms with van der Waals surface area (Å²) in [6, 6.07) is 15.6. The van der Waals surface area contributed by atoms with Gasteiger partial charge in [0.15, 0.2) is 0 Å². The second kappa shape index (κ2) is 7.08. The van der Waals surface area contributed by atoms with Crippen molar-refractivity contribution in [2.75, 3.05) is 5.32 Å². The topological polar surface area (TPSA) is 68.0 Å². The number of nitrogens with one attached hydrogen (secondary N) is 1. The van der Waals surface area contributed by atoms with Crippen molar-refractivity contribution in [3.05, 3.63) is 65.5 Å². The van der Waals surface area contributed by atoms with Crippen LogP contribution in [0.15, 0.2) is 53.1 Å². The molecule has 122 valence electrons. The first-order valence-electron chi connectivity index (χ1n) is 7.87. The summed E-state index contributed by atoms with van der Waals surface area (Å²) in [7, 11) is 0. The number of hydrogen-bond donors (Lipinski definition) is 1. The predicted octanol–water partition coefficient (Wildman–Crippen LogP) is 3.92. The van der Waals surface area contributed by atoms with E-state index in [1.807, 2.05) is 62.4 Å². The van der Waals surface area contributed by atoms with Crippen molar-refractivity contribution in [1.82, 2.24) is 10.1 Å². The summed E-state index contributed by atoms with van der Waals surface area (Å²) in [6.07, 6.45) is 0.708. The molecule has 1 aromatic heterocycles. The molecule has 0 aliphatic rings. The fraction of sp³-hybridized carbons (Fsp3) is 0.211. The molecule has 0 saturated carbocycles. The van der Waals surface area contributed by atoms with Gasteiger partial charge in [0.05, 0.1) is 0 Å². The standard InChI is InChI=1S/C19H19N3O2/c1-13-6-5-8-15(12-13)20-17(23)10-11-18-21-19(22-24-18)16-9-4-3-7-14(16)2/h3-9,12H,10-11H2,1-2H3,(H,20,23). The van der Waals surface area contributed by atoms with Gasteiger partial charge in [-0.15, -0.1) is 0 Å². The molecule has 5 nitrogen and oxygen atoms in total. The van der Waals surface area contributed by atoms with Gasteiger partial charge in [0.25, 0.3) is 0 Å². The molecule has 1 N–H and O–H groups in total. The highest BCUT2D eigenvalue weighted by molar-refractivity contribution is 5.90. The summed E-state index contributed by atoms with van der Waals surface area (Å²) in [4.78, 5) is 16.4. The van der Waals surface area contributed by atoms with E-state index in [1.165, 1.54) is 0 Å². The molecule has 2 aromatic carbocycles. The summed E-state index contributed by atoms with van der Waals surface area (Å²) in [5.41, 5.74) is 3.93. The number of carbonyl (C=O) groups excluding carboxylic acids is 1. The van der Waals surface area contributed by atoms with E-state index < -0.39 is 0 Å². The van der Waals surface area contributed by atoms with Crippen LogP contribution in [0.4, 0.5) is 5.69 Å². The molecule has 0 bridgehead atoms. The van der Waals surface area contributed by atoms with Gasteiger partial charge in [-0.25, -0.2) is 0 Å². The zero-order chi connectivity index (χ0) is 16.9. The minimum Gasteiger partial charge on any atom is -0.339 e. The van der Waals surface area contributed by atoms with Crippen LogP contribution in [0.25, 0.3) is 11.4 Å². The van der Waals surface area contributed by atoms with E-state index in [-0.39, 0.29) is 5.91 Å². The van der Waals surface area contributed by atoms with Crippen molar-refractivity contribution in [2.45, 2.75) is 26.7 Å². The maximum Gasteiger partial charge on any atom is 0.227 e. The van der Waals surface area contributed by atoms with Crippen molar-refractivity contribution in [1.29, 1.82) is 0 Å². The molecule has 0 unspecified atom stereocenters. The molecule has 0 spiro atoms. The summed E-state index contributed by atoms with van der Waals surface area (Å²) in [5, 5.41) is 6.87. The Kier molecular flexibility index (Phi) is 4.70. The molecule has 0 saturated heterocycles. The van der Waals surface area contributed by atoms with E-state index in [1.54, 1.807) is 0 Å². The number of anilines is 1. The summed E-state index contributed by atoms with van der Waals surface area (Å²) in [6.45, 7) is 3.99. The second-order valence-electron chi connectivity index (χ2n) is 5.74. The minimum absolute atomic E-state index is 0.0729. The van der Waals surface area contributed by atoms with E-state index in [0.717, 1.165) is 22.4 Å². The zero-order valence-electron chi connectivity index (χ0n) is 13.7.